The zero-order chi connectivity index (χ0) is 20.0. The first-order chi connectivity index (χ1) is 14.1. The molecule has 0 bridgehead atoms. The number of hydrogen-bond donors (Lipinski definition) is 0. The van der Waals surface area contributed by atoms with Crippen molar-refractivity contribution in [3.63, 3.8) is 0 Å². The van der Waals surface area contributed by atoms with E-state index in [9.17, 15) is 4.79 Å². The molecule has 3 aromatic heterocycles. The van der Waals surface area contributed by atoms with Crippen LogP contribution in [0.4, 0.5) is 0 Å². The summed E-state index contributed by atoms with van der Waals surface area (Å²) in [6, 6.07) is 21.8. The minimum Gasteiger partial charge on any atom is -0.265 e. The predicted molar refractivity (Wildman–Crippen MR) is 113 cm³/mol. The lowest BCUT2D eigenvalue weighted by molar-refractivity contribution is 0.635. The topological polar surface area (TPSA) is 65.1 Å². The van der Waals surface area contributed by atoms with Gasteiger partial charge in [-0.05, 0) is 25.5 Å². The highest BCUT2D eigenvalue weighted by Crippen LogP contribution is 2.25. The van der Waals surface area contributed by atoms with Gasteiger partial charge in [0.2, 0.25) is 0 Å². The van der Waals surface area contributed by atoms with E-state index >= 15 is 0 Å². The molecule has 5 rings (SSSR count). The molecule has 2 aromatic carbocycles. The van der Waals surface area contributed by atoms with Crippen LogP contribution in [0.15, 0.2) is 71.5 Å². The quantitative estimate of drug-likeness (QED) is 0.477. The van der Waals surface area contributed by atoms with Crippen molar-refractivity contribution in [1.29, 1.82) is 0 Å². The highest BCUT2D eigenvalue weighted by molar-refractivity contribution is 5.96. The Morgan fingerprint density at radius 3 is 2.31 bits per heavy atom. The standard InChI is InChI=1S/C23H19N5O/c1-15-21-20-13-19(18-11-7-4-8-12-18)26-28(20)16(2)24-22(21)23(29)27(25-15)14-17-9-5-3-6-10-17/h3-13H,14H2,1-2H3. The fourth-order valence-electron chi connectivity index (χ4n) is 3.72. The molecule has 0 saturated carbocycles. The number of benzene rings is 2. The number of aromatic nitrogens is 5. The van der Waals surface area contributed by atoms with Crippen LogP contribution in [-0.4, -0.2) is 24.4 Å². The van der Waals surface area contributed by atoms with Crippen LogP contribution in [0.1, 0.15) is 17.1 Å². The Kier molecular flexibility index (Phi) is 3.98. The van der Waals surface area contributed by atoms with Crippen LogP contribution in [-0.2, 0) is 6.54 Å². The van der Waals surface area contributed by atoms with Crippen LogP contribution >= 0.6 is 0 Å². The van der Waals surface area contributed by atoms with E-state index in [1.165, 1.54) is 4.68 Å². The lowest BCUT2D eigenvalue weighted by Crippen LogP contribution is -2.26. The molecule has 3 heterocycles. The molecule has 0 fully saturated rings. The summed E-state index contributed by atoms with van der Waals surface area (Å²) in [6.07, 6.45) is 0. The number of aryl methyl sites for hydroxylation is 2. The van der Waals surface area contributed by atoms with Crippen molar-refractivity contribution in [2.75, 3.05) is 0 Å². The van der Waals surface area contributed by atoms with E-state index in [-0.39, 0.29) is 5.56 Å². The van der Waals surface area contributed by atoms with Crippen molar-refractivity contribution in [3.8, 4) is 11.3 Å². The molecule has 5 aromatic rings. The van der Waals surface area contributed by atoms with Crippen LogP contribution in [0.2, 0.25) is 0 Å². The molecule has 0 N–H and O–H groups in total. The van der Waals surface area contributed by atoms with E-state index in [0.717, 1.165) is 33.4 Å². The average Bonchev–Trinajstić information content (AvgIpc) is 3.19. The molecule has 0 aliphatic rings. The van der Waals surface area contributed by atoms with Crippen molar-refractivity contribution >= 4 is 16.4 Å². The van der Waals surface area contributed by atoms with Crippen molar-refractivity contribution in [1.82, 2.24) is 24.4 Å². The lowest BCUT2D eigenvalue weighted by atomic mass is 10.1. The van der Waals surface area contributed by atoms with Gasteiger partial charge in [0.05, 0.1) is 28.8 Å². The van der Waals surface area contributed by atoms with Crippen molar-refractivity contribution in [2.45, 2.75) is 20.4 Å². The molecule has 6 nitrogen and oxygen atoms in total. The van der Waals surface area contributed by atoms with Crippen LogP contribution in [0.3, 0.4) is 0 Å². The normalized spacial score (nSPS) is 11.4. The van der Waals surface area contributed by atoms with E-state index < -0.39 is 0 Å². The lowest BCUT2D eigenvalue weighted by Gasteiger charge is -2.10. The van der Waals surface area contributed by atoms with Gasteiger partial charge >= 0.3 is 0 Å². The van der Waals surface area contributed by atoms with E-state index in [1.807, 2.05) is 80.6 Å². The summed E-state index contributed by atoms with van der Waals surface area (Å²) >= 11 is 0. The fourth-order valence-corrected chi connectivity index (χ4v) is 3.72. The molecule has 0 unspecified atom stereocenters. The van der Waals surface area contributed by atoms with Gasteiger partial charge in [-0.2, -0.15) is 10.2 Å². The Labute approximate surface area is 167 Å². The summed E-state index contributed by atoms with van der Waals surface area (Å²) in [5, 5.41) is 10.0. The SMILES string of the molecule is Cc1nn(Cc2ccccc2)c(=O)c2nc(C)n3nc(-c4ccccc4)cc3c12. The van der Waals surface area contributed by atoms with Gasteiger partial charge in [-0.25, -0.2) is 14.2 Å². The van der Waals surface area contributed by atoms with Gasteiger partial charge in [0, 0.05) is 5.56 Å². The molecule has 0 aliphatic heterocycles. The predicted octanol–water partition coefficient (Wildman–Crippen LogP) is 3.77. The van der Waals surface area contributed by atoms with E-state index in [4.69, 9.17) is 5.10 Å². The second-order valence-electron chi connectivity index (χ2n) is 7.11. The Morgan fingerprint density at radius 1 is 0.897 bits per heavy atom. The van der Waals surface area contributed by atoms with Crippen LogP contribution in [0.25, 0.3) is 27.7 Å². The number of nitrogens with zero attached hydrogens (tertiary/aromatic N) is 5. The fraction of sp³-hybridized carbons (Fsp3) is 0.130. The maximum absolute atomic E-state index is 13.2. The van der Waals surface area contributed by atoms with Gasteiger partial charge in [0.25, 0.3) is 5.56 Å². The van der Waals surface area contributed by atoms with Gasteiger partial charge < -0.3 is 0 Å². The Morgan fingerprint density at radius 2 is 1.59 bits per heavy atom. The molecular weight excluding hydrogens is 362 g/mol. The summed E-state index contributed by atoms with van der Waals surface area (Å²) in [5.74, 6) is 0.670. The van der Waals surface area contributed by atoms with Crippen molar-refractivity contribution in [2.24, 2.45) is 0 Å². The third-order valence-electron chi connectivity index (χ3n) is 5.10. The molecule has 0 atom stereocenters. The van der Waals surface area contributed by atoms with E-state index in [1.54, 1.807) is 4.52 Å². The molecule has 6 heteroatoms. The monoisotopic (exact) mass is 381 g/mol. The van der Waals surface area contributed by atoms with Crippen molar-refractivity contribution < 1.29 is 0 Å². The van der Waals surface area contributed by atoms with Crippen LogP contribution in [0.5, 0.6) is 0 Å². The van der Waals surface area contributed by atoms with Gasteiger partial charge in [-0.3, -0.25) is 4.79 Å². The molecule has 142 valence electrons. The first kappa shape index (κ1) is 17.3. The number of hydrogen-bond acceptors (Lipinski definition) is 4. The Balaban J connectivity index is 1.75. The summed E-state index contributed by atoms with van der Waals surface area (Å²) < 4.78 is 3.28. The average molecular weight is 381 g/mol. The second kappa shape index (κ2) is 6.67. The molecule has 0 aliphatic carbocycles. The Hall–Kier alpha value is -3.80. The van der Waals surface area contributed by atoms with Gasteiger partial charge in [0.1, 0.15) is 11.3 Å². The zero-order valence-electron chi connectivity index (χ0n) is 16.2. The third kappa shape index (κ3) is 2.89. The van der Waals surface area contributed by atoms with Crippen molar-refractivity contribution in [3.05, 3.63) is 94.2 Å². The maximum Gasteiger partial charge on any atom is 0.293 e. The number of fused-ring (bicyclic) bond motifs is 3. The minimum atomic E-state index is -0.192. The van der Waals surface area contributed by atoms with E-state index in [2.05, 4.69) is 10.1 Å². The van der Waals surface area contributed by atoms with Crippen LogP contribution in [0, 0.1) is 13.8 Å². The molecule has 0 saturated heterocycles. The van der Waals surface area contributed by atoms with Gasteiger partial charge in [-0.1, -0.05) is 60.7 Å². The highest BCUT2D eigenvalue weighted by Gasteiger charge is 2.17. The third-order valence-corrected chi connectivity index (χ3v) is 5.10. The van der Waals surface area contributed by atoms with Gasteiger partial charge in [0.15, 0.2) is 0 Å². The molecule has 0 radical (unpaired) electrons. The summed E-state index contributed by atoms with van der Waals surface area (Å²) in [5.41, 5.74) is 4.73. The zero-order valence-corrected chi connectivity index (χ0v) is 16.2. The molecule has 29 heavy (non-hydrogen) atoms. The second-order valence-corrected chi connectivity index (χ2v) is 7.11. The molecule has 0 amide bonds. The summed E-state index contributed by atoms with van der Waals surface area (Å²) in [7, 11) is 0. The molecular formula is C23H19N5O. The first-order valence-corrected chi connectivity index (χ1v) is 9.49. The number of rotatable bonds is 3. The van der Waals surface area contributed by atoms with Crippen LogP contribution < -0.4 is 5.56 Å². The largest absolute Gasteiger partial charge is 0.293 e. The Bertz CT molecular complexity index is 1400. The minimum absolute atomic E-state index is 0.192. The smallest absolute Gasteiger partial charge is 0.265 e. The summed E-state index contributed by atoms with van der Waals surface area (Å²) in [6.45, 7) is 4.19. The molecule has 0 spiro atoms. The van der Waals surface area contributed by atoms with E-state index in [0.29, 0.717) is 17.9 Å². The highest BCUT2D eigenvalue weighted by atomic mass is 16.1. The summed E-state index contributed by atoms with van der Waals surface area (Å²) in [4.78, 5) is 17.8. The first-order valence-electron chi connectivity index (χ1n) is 9.49. The maximum atomic E-state index is 13.2. The van der Waals surface area contributed by atoms with Gasteiger partial charge in [-0.15, -0.1) is 0 Å².